The van der Waals surface area contributed by atoms with Crippen LogP contribution in [0.25, 0.3) is 0 Å². The Morgan fingerprint density at radius 2 is 2.27 bits per heavy atom. The number of nitrogens with one attached hydrogen (secondary N) is 1. The molecule has 1 amide bonds. The molecule has 3 heteroatoms. The summed E-state index contributed by atoms with van der Waals surface area (Å²) < 4.78 is 0. The molecule has 1 rings (SSSR count). The van der Waals surface area contributed by atoms with Crippen LogP contribution in [0.1, 0.15) is 40.0 Å². The summed E-state index contributed by atoms with van der Waals surface area (Å²) >= 11 is 0. The van der Waals surface area contributed by atoms with Crippen molar-refractivity contribution < 1.29 is 4.79 Å². The molecule has 1 saturated heterocycles. The molecule has 88 valence electrons. The third kappa shape index (κ3) is 2.51. The Hall–Kier alpha value is -0.570. The van der Waals surface area contributed by atoms with E-state index in [2.05, 4.69) is 26.1 Å². The van der Waals surface area contributed by atoms with Crippen molar-refractivity contribution in [2.45, 2.75) is 40.0 Å². The number of hydrogen-bond donors (Lipinski definition) is 2. The highest BCUT2D eigenvalue weighted by Gasteiger charge is 2.44. The first-order chi connectivity index (χ1) is 7.05. The number of hydrogen-bond acceptors (Lipinski definition) is 2. The number of rotatable bonds is 5. The van der Waals surface area contributed by atoms with Crippen LogP contribution in [0, 0.1) is 17.3 Å². The number of amides is 1. The third-order valence-corrected chi connectivity index (χ3v) is 4.06. The molecule has 0 aliphatic carbocycles. The summed E-state index contributed by atoms with van der Waals surface area (Å²) in [5.41, 5.74) is 5.60. The van der Waals surface area contributed by atoms with Crippen LogP contribution in [0.2, 0.25) is 0 Å². The maximum Gasteiger partial charge on any atom is 0.222 e. The highest BCUT2D eigenvalue weighted by Crippen LogP contribution is 2.41. The van der Waals surface area contributed by atoms with Crippen LogP contribution in [-0.2, 0) is 4.79 Å². The van der Waals surface area contributed by atoms with E-state index in [0.29, 0.717) is 5.92 Å². The zero-order chi connectivity index (χ0) is 11.5. The topological polar surface area (TPSA) is 55.1 Å². The summed E-state index contributed by atoms with van der Waals surface area (Å²) in [6, 6.07) is 0. The summed E-state index contributed by atoms with van der Waals surface area (Å²) in [6.45, 7) is 8.34. The van der Waals surface area contributed by atoms with Crippen LogP contribution < -0.4 is 11.1 Å². The lowest BCUT2D eigenvalue weighted by atomic mass is 9.69. The van der Waals surface area contributed by atoms with Gasteiger partial charge in [-0.05, 0) is 24.2 Å². The monoisotopic (exact) mass is 212 g/mol. The van der Waals surface area contributed by atoms with Gasteiger partial charge < -0.3 is 11.1 Å². The van der Waals surface area contributed by atoms with Crippen molar-refractivity contribution in [3.05, 3.63) is 0 Å². The molecule has 0 spiro atoms. The first-order valence-corrected chi connectivity index (χ1v) is 6.05. The largest absolute Gasteiger partial charge is 0.369 e. The van der Waals surface area contributed by atoms with Crippen molar-refractivity contribution in [1.29, 1.82) is 0 Å². The molecule has 15 heavy (non-hydrogen) atoms. The predicted molar refractivity (Wildman–Crippen MR) is 62.4 cm³/mol. The second-order valence-corrected chi connectivity index (χ2v) is 5.02. The van der Waals surface area contributed by atoms with Crippen LogP contribution in [-0.4, -0.2) is 19.0 Å². The van der Waals surface area contributed by atoms with Crippen molar-refractivity contribution in [2.24, 2.45) is 23.0 Å². The normalized spacial score (nSPS) is 32.9. The molecule has 0 saturated carbocycles. The van der Waals surface area contributed by atoms with E-state index in [1.54, 1.807) is 0 Å². The van der Waals surface area contributed by atoms with Crippen LogP contribution in [0.3, 0.4) is 0 Å². The number of nitrogens with two attached hydrogens (primary N) is 1. The summed E-state index contributed by atoms with van der Waals surface area (Å²) in [4.78, 5) is 11.4. The van der Waals surface area contributed by atoms with Crippen LogP contribution in [0.15, 0.2) is 0 Å². The van der Waals surface area contributed by atoms with E-state index in [4.69, 9.17) is 5.73 Å². The fourth-order valence-electron chi connectivity index (χ4n) is 2.78. The van der Waals surface area contributed by atoms with Crippen LogP contribution in [0.4, 0.5) is 0 Å². The standard InChI is InChI=1S/C12H24N2O/c1-4-9(3)6-12(5-2)8-14-7-10(12)11(13)15/h9-10,14H,4-8H2,1-3H3,(H2,13,15). The smallest absolute Gasteiger partial charge is 0.222 e. The third-order valence-electron chi connectivity index (χ3n) is 4.06. The Bertz CT molecular complexity index is 230. The molecule has 0 radical (unpaired) electrons. The molecule has 0 bridgehead atoms. The number of carbonyl (C=O) groups is 1. The van der Waals surface area contributed by atoms with E-state index in [0.717, 1.165) is 25.9 Å². The van der Waals surface area contributed by atoms with Gasteiger partial charge in [0.15, 0.2) is 0 Å². The van der Waals surface area contributed by atoms with Gasteiger partial charge in [-0.3, -0.25) is 4.79 Å². The second kappa shape index (κ2) is 4.97. The first kappa shape index (κ1) is 12.5. The minimum Gasteiger partial charge on any atom is -0.369 e. The molecule has 0 aromatic rings. The Morgan fingerprint density at radius 1 is 1.60 bits per heavy atom. The van der Waals surface area contributed by atoms with Gasteiger partial charge in [0.05, 0.1) is 5.92 Å². The van der Waals surface area contributed by atoms with Crippen molar-refractivity contribution in [2.75, 3.05) is 13.1 Å². The zero-order valence-electron chi connectivity index (χ0n) is 10.2. The minimum absolute atomic E-state index is 0.0245. The maximum atomic E-state index is 11.4. The van der Waals surface area contributed by atoms with E-state index in [-0.39, 0.29) is 17.2 Å². The van der Waals surface area contributed by atoms with Gasteiger partial charge >= 0.3 is 0 Å². The van der Waals surface area contributed by atoms with Crippen molar-refractivity contribution in [3.8, 4) is 0 Å². The van der Waals surface area contributed by atoms with Crippen LogP contribution >= 0.6 is 0 Å². The van der Waals surface area contributed by atoms with E-state index >= 15 is 0 Å². The maximum absolute atomic E-state index is 11.4. The van der Waals surface area contributed by atoms with Crippen molar-refractivity contribution in [1.82, 2.24) is 5.32 Å². The average Bonchev–Trinajstić information content (AvgIpc) is 2.62. The molecule has 3 N–H and O–H groups in total. The van der Waals surface area contributed by atoms with E-state index < -0.39 is 0 Å². The van der Waals surface area contributed by atoms with Gasteiger partial charge in [0.25, 0.3) is 0 Å². The zero-order valence-corrected chi connectivity index (χ0v) is 10.2. The molecule has 3 unspecified atom stereocenters. The van der Waals surface area contributed by atoms with Crippen molar-refractivity contribution >= 4 is 5.91 Å². The lowest BCUT2D eigenvalue weighted by Gasteiger charge is -2.34. The molecule has 1 aliphatic heterocycles. The average molecular weight is 212 g/mol. The van der Waals surface area contributed by atoms with Gasteiger partial charge in [0, 0.05) is 13.1 Å². The fraction of sp³-hybridized carbons (Fsp3) is 0.917. The Morgan fingerprint density at radius 3 is 2.73 bits per heavy atom. The molecule has 0 aromatic carbocycles. The fourth-order valence-corrected chi connectivity index (χ4v) is 2.78. The molecule has 1 aliphatic rings. The molecule has 3 atom stereocenters. The Labute approximate surface area is 92.8 Å². The van der Waals surface area contributed by atoms with Gasteiger partial charge in [-0.1, -0.05) is 27.2 Å². The molecular weight excluding hydrogens is 188 g/mol. The summed E-state index contributed by atoms with van der Waals surface area (Å²) in [7, 11) is 0. The predicted octanol–water partition coefficient (Wildman–Crippen LogP) is 1.52. The summed E-state index contributed by atoms with van der Waals surface area (Å²) in [6.07, 6.45) is 3.33. The second-order valence-electron chi connectivity index (χ2n) is 5.02. The molecule has 0 aromatic heterocycles. The van der Waals surface area contributed by atoms with E-state index in [1.807, 2.05) is 0 Å². The Balaban J connectivity index is 2.77. The number of primary amides is 1. The SMILES string of the molecule is CCC(C)CC1(CC)CNCC1C(N)=O. The summed E-state index contributed by atoms with van der Waals surface area (Å²) in [5.74, 6) is 0.563. The van der Waals surface area contributed by atoms with E-state index in [1.165, 1.54) is 6.42 Å². The van der Waals surface area contributed by atoms with Gasteiger partial charge in [-0.15, -0.1) is 0 Å². The Kier molecular flexibility index (Phi) is 4.14. The minimum atomic E-state index is -0.134. The van der Waals surface area contributed by atoms with Gasteiger partial charge in [0.2, 0.25) is 5.91 Å². The molecule has 3 nitrogen and oxygen atoms in total. The first-order valence-electron chi connectivity index (χ1n) is 6.05. The summed E-state index contributed by atoms with van der Waals surface area (Å²) in [5, 5.41) is 3.32. The lowest BCUT2D eigenvalue weighted by Crippen LogP contribution is -2.39. The quantitative estimate of drug-likeness (QED) is 0.726. The highest BCUT2D eigenvalue weighted by molar-refractivity contribution is 5.78. The van der Waals surface area contributed by atoms with Crippen LogP contribution in [0.5, 0.6) is 0 Å². The highest BCUT2D eigenvalue weighted by atomic mass is 16.1. The van der Waals surface area contributed by atoms with Gasteiger partial charge in [-0.2, -0.15) is 0 Å². The number of carbonyl (C=O) groups excluding carboxylic acids is 1. The molecule has 1 heterocycles. The molecular formula is C12H24N2O. The van der Waals surface area contributed by atoms with Crippen molar-refractivity contribution in [3.63, 3.8) is 0 Å². The van der Waals surface area contributed by atoms with Gasteiger partial charge in [0.1, 0.15) is 0 Å². The van der Waals surface area contributed by atoms with E-state index in [9.17, 15) is 4.79 Å². The lowest BCUT2D eigenvalue weighted by molar-refractivity contribution is -0.124. The van der Waals surface area contributed by atoms with Gasteiger partial charge in [-0.25, -0.2) is 0 Å². The molecule has 1 fully saturated rings.